The van der Waals surface area contributed by atoms with Crippen molar-refractivity contribution in [1.29, 1.82) is 0 Å². The van der Waals surface area contributed by atoms with Crippen molar-refractivity contribution in [3.05, 3.63) is 101 Å². The third kappa shape index (κ3) is 6.04. The molecule has 0 aromatic heterocycles. The van der Waals surface area contributed by atoms with Gasteiger partial charge in [-0.3, -0.25) is 9.59 Å². The van der Waals surface area contributed by atoms with Crippen LogP contribution in [0.2, 0.25) is 0 Å². The molecule has 34 heavy (non-hydrogen) atoms. The van der Waals surface area contributed by atoms with E-state index in [-0.39, 0.29) is 23.6 Å². The molecule has 3 aromatic carbocycles. The van der Waals surface area contributed by atoms with E-state index in [0.29, 0.717) is 19.4 Å². The summed E-state index contributed by atoms with van der Waals surface area (Å²) < 4.78 is 0. The molecule has 0 radical (unpaired) electrons. The van der Waals surface area contributed by atoms with Crippen LogP contribution in [0.4, 0.5) is 0 Å². The second kappa shape index (κ2) is 11.0. The zero-order valence-electron chi connectivity index (χ0n) is 19.6. The zero-order chi connectivity index (χ0) is 23.9. The zero-order valence-corrected chi connectivity index (χ0v) is 19.6. The molecule has 1 unspecified atom stereocenters. The number of phenolic OH excluding ortho intramolecular Hbond substituents is 1. The molecule has 1 aliphatic carbocycles. The highest BCUT2D eigenvalue weighted by Crippen LogP contribution is 2.36. The maximum absolute atomic E-state index is 13.6. The Labute approximate surface area is 201 Å². The largest absolute Gasteiger partial charge is 0.508 e. The van der Waals surface area contributed by atoms with Gasteiger partial charge in [-0.25, -0.2) is 0 Å². The molecule has 0 spiro atoms. The molecule has 3 aromatic rings. The van der Waals surface area contributed by atoms with Gasteiger partial charge in [0.05, 0.1) is 0 Å². The number of hydrogen-bond acceptors (Lipinski definition) is 3. The van der Waals surface area contributed by atoms with Crippen LogP contribution >= 0.6 is 0 Å². The van der Waals surface area contributed by atoms with Crippen molar-refractivity contribution in [3.8, 4) is 5.75 Å². The fourth-order valence-electron chi connectivity index (χ4n) is 4.26. The number of nitrogens with one attached hydrogen (secondary N) is 1. The van der Waals surface area contributed by atoms with Crippen molar-refractivity contribution < 1.29 is 14.7 Å². The highest BCUT2D eigenvalue weighted by Gasteiger charge is 2.41. The first-order valence-corrected chi connectivity index (χ1v) is 12.0. The number of carbonyl (C=O) groups is 2. The van der Waals surface area contributed by atoms with Gasteiger partial charge >= 0.3 is 0 Å². The number of carbonyl (C=O) groups excluding carboxylic acids is 2. The van der Waals surface area contributed by atoms with Gasteiger partial charge in [-0.05, 0) is 60.1 Å². The van der Waals surface area contributed by atoms with E-state index in [1.807, 2.05) is 59.5 Å². The van der Waals surface area contributed by atoms with Gasteiger partial charge in [0.25, 0.3) is 0 Å². The summed E-state index contributed by atoms with van der Waals surface area (Å²) in [6, 6.07) is 24.2. The lowest BCUT2D eigenvalue weighted by Gasteiger charge is -2.32. The third-order valence-corrected chi connectivity index (χ3v) is 6.30. The maximum atomic E-state index is 13.6. The number of amides is 2. The van der Waals surface area contributed by atoms with E-state index in [1.54, 1.807) is 12.1 Å². The van der Waals surface area contributed by atoms with Crippen LogP contribution in [-0.4, -0.2) is 27.9 Å². The summed E-state index contributed by atoms with van der Waals surface area (Å²) in [6.45, 7) is 2.51. The van der Waals surface area contributed by atoms with Crippen LogP contribution in [0.3, 0.4) is 0 Å². The first-order chi connectivity index (χ1) is 16.5. The van der Waals surface area contributed by atoms with Gasteiger partial charge in [0.1, 0.15) is 11.8 Å². The number of benzene rings is 3. The van der Waals surface area contributed by atoms with Gasteiger partial charge in [0, 0.05) is 19.0 Å². The minimum absolute atomic E-state index is 0.0164. The van der Waals surface area contributed by atoms with Crippen molar-refractivity contribution >= 4 is 11.8 Å². The standard InChI is InChI=1S/C29H32N2O3/c1-2-21-9-6-10-24(19-21)28(29(34)30-20-23-7-4-3-5-8-23)31(25-14-15-25)27(33)18-13-22-11-16-26(32)17-12-22/h3-12,16-17,19,25,28,32H,2,13-15,18,20H2,1H3,(H,30,34). The fourth-order valence-corrected chi connectivity index (χ4v) is 4.26. The molecular formula is C29H32N2O3. The summed E-state index contributed by atoms with van der Waals surface area (Å²) in [5.74, 6) is 0.0416. The lowest BCUT2D eigenvalue weighted by Crippen LogP contribution is -2.45. The molecular weight excluding hydrogens is 424 g/mol. The molecule has 1 saturated carbocycles. The average Bonchev–Trinajstić information content (AvgIpc) is 3.71. The van der Waals surface area contributed by atoms with E-state index in [9.17, 15) is 14.7 Å². The molecule has 1 fully saturated rings. The van der Waals surface area contributed by atoms with E-state index < -0.39 is 6.04 Å². The van der Waals surface area contributed by atoms with Gasteiger partial charge in [-0.1, -0.05) is 73.7 Å². The van der Waals surface area contributed by atoms with E-state index in [4.69, 9.17) is 0 Å². The molecule has 0 bridgehead atoms. The van der Waals surface area contributed by atoms with Crippen LogP contribution in [0.25, 0.3) is 0 Å². The maximum Gasteiger partial charge on any atom is 0.247 e. The number of aromatic hydroxyl groups is 1. The smallest absolute Gasteiger partial charge is 0.247 e. The molecule has 0 aliphatic heterocycles. The van der Waals surface area contributed by atoms with Gasteiger partial charge in [-0.15, -0.1) is 0 Å². The SMILES string of the molecule is CCc1cccc(C(C(=O)NCc2ccccc2)N(C(=O)CCc2ccc(O)cc2)C2CC2)c1. The Balaban J connectivity index is 1.57. The lowest BCUT2D eigenvalue weighted by atomic mass is 9.99. The van der Waals surface area contributed by atoms with Crippen LogP contribution in [-0.2, 0) is 29.0 Å². The minimum atomic E-state index is -0.657. The second-order valence-corrected chi connectivity index (χ2v) is 8.90. The molecule has 1 aliphatic rings. The number of phenols is 1. The third-order valence-electron chi connectivity index (χ3n) is 6.30. The quantitative estimate of drug-likeness (QED) is 0.454. The van der Waals surface area contributed by atoms with Gasteiger partial charge in [0.15, 0.2) is 0 Å². The Morgan fingerprint density at radius 2 is 1.65 bits per heavy atom. The Bertz CT molecular complexity index is 1110. The van der Waals surface area contributed by atoms with E-state index >= 15 is 0 Å². The number of aryl methyl sites for hydroxylation is 2. The predicted molar refractivity (Wildman–Crippen MR) is 133 cm³/mol. The fraction of sp³-hybridized carbons (Fsp3) is 0.310. The molecule has 2 N–H and O–H groups in total. The van der Waals surface area contributed by atoms with Crippen LogP contribution in [0.1, 0.15) is 54.5 Å². The van der Waals surface area contributed by atoms with Crippen molar-refractivity contribution in [2.24, 2.45) is 0 Å². The second-order valence-electron chi connectivity index (χ2n) is 8.90. The summed E-state index contributed by atoms with van der Waals surface area (Å²) in [7, 11) is 0. The topological polar surface area (TPSA) is 69.6 Å². The summed E-state index contributed by atoms with van der Waals surface area (Å²) in [5.41, 5.74) is 4.01. The highest BCUT2D eigenvalue weighted by atomic mass is 16.3. The number of hydrogen-bond donors (Lipinski definition) is 2. The molecule has 5 nitrogen and oxygen atoms in total. The molecule has 0 saturated heterocycles. The van der Waals surface area contributed by atoms with Crippen LogP contribution in [0, 0.1) is 0 Å². The van der Waals surface area contributed by atoms with Gasteiger partial charge < -0.3 is 15.3 Å². The summed E-state index contributed by atoms with van der Waals surface area (Å²) >= 11 is 0. The van der Waals surface area contributed by atoms with Crippen molar-refractivity contribution in [1.82, 2.24) is 10.2 Å². The first kappa shape index (κ1) is 23.6. The van der Waals surface area contributed by atoms with E-state index in [1.165, 1.54) is 0 Å². The Kier molecular flexibility index (Phi) is 7.63. The van der Waals surface area contributed by atoms with Gasteiger partial charge in [-0.2, -0.15) is 0 Å². The first-order valence-electron chi connectivity index (χ1n) is 12.0. The molecule has 176 valence electrons. The summed E-state index contributed by atoms with van der Waals surface area (Å²) in [5, 5.41) is 12.6. The highest BCUT2D eigenvalue weighted by molar-refractivity contribution is 5.89. The molecule has 0 heterocycles. The Morgan fingerprint density at radius 1 is 0.941 bits per heavy atom. The normalized spacial score (nSPS) is 13.8. The molecule has 5 heteroatoms. The van der Waals surface area contributed by atoms with E-state index in [2.05, 4.69) is 24.4 Å². The lowest BCUT2D eigenvalue weighted by molar-refractivity contribution is -0.141. The van der Waals surface area contributed by atoms with Crippen molar-refractivity contribution in [2.75, 3.05) is 0 Å². The predicted octanol–water partition coefficient (Wildman–Crippen LogP) is 4.94. The summed E-state index contributed by atoms with van der Waals surface area (Å²) in [4.78, 5) is 28.9. The van der Waals surface area contributed by atoms with Crippen LogP contribution < -0.4 is 5.32 Å². The van der Waals surface area contributed by atoms with Crippen molar-refractivity contribution in [3.63, 3.8) is 0 Å². The van der Waals surface area contributed by atoms with Crippen LogP contribution in [0.5, 0.6) is 5.75 Å². The Hall–Kier alpha value is -3.60. The Morgan fingerprint density at radius 3 is 2.32 bits per heavy atom. The van der Waals surface area contributed by atoms with E-state index in [0.717, 1.165) is 41.5 Å². The summed E-state index contributed by atoms with van der Waals surface area (Å²) in [6.07, 6.45) is 3.58. The minimum Gasteiger partial charge on any atom is -0.508 e. The number of nitrogens with zero attached hydrogens (tertiary/aromatic N) is 1. The molecule has 1 atom stereocenters. The monoisotopic (exact) mass is 456 g/mol. The molecule has 4 rings (SSSR count). The van der Waals surface area contributed by atoms with Crippen molar-refractivity contribution in [2.45, 2.75) is 57.7 Å². The molecule has 2 amide bonds. The average molecular weight is 457 g/mol. The number of rotatable bonds is 10. The van der Waals surface area contributed by atoms with Crippen LogP contribution in [0.15, 0.2) is 78.9 Å². The van der Waals surface area contributed by atoms with Gasteiger partial charge in [0.2, 0.25) is 11.8 Å².